The van der Waals surface area contributed by atoms with Gasteiger partial charge in [-0.1, -0.05) is 0 Å². The zero-order valence-electron chi connectivity index (χ0n) is 7.01. The quantitative estimate of drug-likeness (QED) is 0.514. The van der Waals surface area contributed by atoms with Gasteiger partial charge in [0, 0.05) is 19.7 Å². The number of nitrogens with one attached hydrogen (secondary N) is 2. The summed E-state index contributed by atoms with van der Waals surface area (Å²) in [7, 11) is 0. The topological polar surface area (TPSA) is 76.4 Å². The second-order valence-corrected chi connectivity index (χ2v) is 2.75. The molecule has 1 unspecified atom stereocenters. The van der Waals surface area contributed by atoms with Gasteiger partial charge in [0.05, 0.1) is 12.6 Å². The van der Waals surface area contributed by atoms with E-state index in [9.17, 15) is 4.79 Å². The van der Waals surface area contributed by atoms with Crippen molar-refractivity contribution in [3.8, 4) is 0 Å². The zero-order valence-corrected chi connectivity index (χ0v) is 7.01. The lowest BCUT2D eigenvalue weighted by Gasteiger charge is -2.10. The van der Waals surface area contributed by atoms with Crippen LogP contribution >= 0.6 is 0 Å². The summed E-state index contributed by atoms with van der Waals surface area (Å²) in [4.78, 5) is 11.0. The molecule has 2 amide bonds. The van der Waals surface area contributed by atoms with Gasteiger partial charge in [-0.3, -0.25) is 0 Å². The van der Waals surface area contributed by atoms with Gasteiger partial charge in [-0.25, -0.2) is 4.79 Å². The standard InChI is InChI=1S/C7H15N3O2/c8-2-3-9-7(11)10-6-1-4-12-5-6/h6H,1-5,8H2,(H2,9,10,11). The molecule has 12 heavy (non-hydrogen) atoms. The molecule has 0 bridgehead atoms. The lowest BCUT2D eigenvalue weighted by molar-refractivity contribution is 0.188. The minimum atomic E-state index is -0.157. The minimum Gasteiger partial charge on any atom is -0.379 e. The number of hydrogen-bond acceptors (Lipinski definition) is 3. The molecule has 1 aliphatic heterocycles. The Morgan fingerprint density at radius 1 is 1.67 bits per heavy atom. The Morgan fingerprint density at radius 2 is 2.50 bits per heavy atom. The zero-order chi connectivity index (χ0) is 8.81. The lowest BCUT2D eigenvalue weighted by atomic mass is 10.3. The van der Waals surface area contributed by atoms with Crippen molar-refractivity contribution in [2.75, 3.05) is 26.3 Å². The molecule has 1 rings (SSSR count). The van der Waals surface area contributed by atoms with E-state index in [-0.39, 0.29) is 12.1 Å². The van der Waals surface area contributed by atoms with E-state index in [0.29, 0.717) is 19.7 Å². The van der Waals surface area contributed by atoms with Gasteiger partial charge in [-0.15, -0.1) is 0 Å². The van der Waals surface area contributed by atoms with Crippen LogP contribution in [-0.2, 0) is 4.74 Å². The molecule has 1 saturated heterocycles. The summed E-state index contributed by atoms with van der Waals surface area (Å²) >= 11 is 0. The van der Waals surface area contributed by atoms with Crippen molar-refractivity contribution >= 4 is 6.03 Å². The molecule has 4 N–H and O–H groups in total. The Morgan fingerprint density at radius 3 is 3.08 bits per heavy atom. The average Bonchev–Trinajstić information content (AvgIpc) is 2.53. The summed E-state index contributed by atoms with van der Waals surface area (Å²) in [5, 5.41) is 5.41. The average molecular weight is 173 g/mol. The van der Waals surface area contributed by atoms with Crippen LogP contribution in [0, 0.1) is 0 Å². The van der Waals surface area contributed by atoms with Crippen LogP contribution in [0.4, 0.5) is 4.79 Å². The molecule has 1 heterocycles. The Kier molecular flexibility index (Phi) is 3.83. The van der Waals surface area contributed by atoms with Gasteiger partial charge in [0.2, 0.25) is 0 Å². The van der Waals surface area contributed by atoms with Gasteiger partial charge >= 0.3 is 6.03 Å². The fraction of sp³-hybridized carbons (Fsp3) is 0.857. The van der Waals surface area contributed by atoms with Crippen molar-refractivity contribution < 1.29 is 9.53 Å². The number of amides is 2. The molecule has 0 aromatic heterocycles. The van der Waals surface area contributed by atoms with Gasteiger partial charge in [-0.05, 0) is 6.42 Å². The van der Waals surface area contributed by atoms with Crippen molar-refractivity contribution in [2.45, 2.75) is 12.5 Å². The second kappa shape index (κ2) is 4.95. The first-order valence-electron chi connectivity index (χ1n) is 4.15. The highest BCUT2D eigenvalue weighted by Gasteiger charge is 2.16. The van der Waals surface area contributed by atoms with Crippen molar-refractivity contribution in [1.82, 2.24) is 10.6 Å². The molecule has 1 fully saturated rings. The van der Waals surface area contributed by atoms with Gasteiger partial charge in [-0.2, -0.15) is 0 Å². The number of ether oxygens (including phenoxy) is 1. The molecule has 0 radical (unpaired) electrons. The fourth-order valence-corrected chi connectivity index (χ4v) is 1.07. The summed E-state index contributed by atoms with van der Waals surface area (Å²) in [6.07, 6.45) is 0.899. The first-order valence-corrected chi connectivity index (χ1v) is 4.15. The Balaban J connectivity index is 2.08. The van der Waals surface area contributed by atoms with Crippen LogP contribution in [0.1, 0.15) is 6.42 Å². The highest BCUT2D eigenvalue weighted by Crippen LogP contribution is 2.02. The van der Waals surface area contributed by atoms with Gasteiger partial charge < -0.3 is 21.1 Å². The molecule has 1 atom stereocenters. The van der Waals surface area contributed by atoms with Crippen molar-refractivity contribution in [2.24, 2.45) is 5.73 Å². The number of nitrogens with two attached hydrogens (primary N) is 1. The van der Waals surface area contributed by atoms with Crippen LogP contribution in [0.5, 0.6) is 0 Å². The highest BCUT2D eigenvalue weighted by molar-refractivity contribution is 5.74. The van der Waals surface area contributed by atoms with E-state index in [2.05, 4.69) is 10.6 Å². The van der Waals surface area contributed by atoms with Crippen LogP contribution < -0.4 is 16.4 Å². The van der Waals surface area contributed by atoms with Gasteiger partial charge in [0.15, 0.2) is 0 Å². The molecule has 5 nitrogen and oxygen atoms in total. The van der Waals surface area contributed by atoms with Crippen molar-refractivity contribution in [3.05, 3.63) is 0 Å². The van der Waals surface area contributed by atoms with E-state index in [4.69, 9.17) is 10.5 Å². The molecule has 70 valence electrons. The van der Waals surface area contributed by atoms with Gasteiger partial charge in [0.25, 0.3) is 0 Å². The molecule has 0 saturated carbocycles. The van der Waals surface area contributed by atoms with E-state index >= 15 is 0 Å². The molecule has 5 heteroatoms. The Labute approximate surface area is 71.6 Å². The van der Waals surface area contributed by atoms with Crippen LogP contribution in [0.2, 0.25) is 0 Å². The third kappa shape index (κ3) is 3.06. The molecule has 0 aromatic carbocycles. The van der Waals surface area contributed by atoms with Gasteiger partial charge in [0.1, 0.15) is 0 Å². The van der Waals surface area contributed by atoms with Crippen LogP contribution in [-0.4, -0.2) is 38.4 Å². The maximum atomic E-state index is 11.0. The van der Waals surface area contributed by atoms with E-state index in [1.54, 1.807) is 0 Å². The Bertz CT molecular complexity index is 146. The van der Waals surface area contributed by atoms with E-state index in [1.807, 2.05) is 0 Å². The SMILES string of the molecule is NCCNC(=O)NC1CCOC1. The predicted octanol–water partition coefficient (Wildman–Crippen LogP) is -0.967. The molecule has 0 aromatic rings. The maximum Gasteiger partial charge on any atom is 0.315 e. The number of rotatable bonds is 3. The molecule has 1 aliphatic rings. The Hall–Kier alpha value is -0.810. The fourth-order valence-electron chi connectivity index (χ4n) is 1.07. The van der Waals surface area contributed by atoms with Crippen molar-refractivity contribution in [3.63, 3.8) is 0 Å². The second-order valence-electron chi connectivity index (χ2n) is 2.75. The first-order chi connectivity index (χ1) is 5.83. The number of hydrogen-bond donors (Lipinski definition) is 3. The van der Waals surface area contributed by atoms with E-state index in [0.717, 1.165) is 13.0 Å². The third-order valence-corrected chi connectivity index (χ3v) is 1.69. The summed E-state index contributed by atoms with van der Waals surface area (Å²) in [6.45, 7) is 2.34. The first kappa shape index (κ1) is 9.28. The van der Waals surface area contributed by atoms with E-state index in [1.165, 1.54) is 0 Å². The maximum absolute atomic E-state index is 11.0. The highest BCUT2D eigenvalue weighted by atomic mass is 16.5. The molecule has 0 aliphatic carbocycles. The molecular formula is C7H15N3O2. The van der Waals surface area contributed by atoms with Crippen LogP contribution in [0.3, 0.4) is 0 Å². The summed E-state index contributed by atoms with van der Waals surface area (Å²) < 4.78 is 5.10. The normalized spacial score (nSPS) is 22.2. The number of carbonyl (C=O) groups is 1. The third-order valence-electron chi connectivity index (χ3n) is 1.69. The smallest absolute Gasteiger partial charge is 0.315 e. The summed E-state index contributed by atoms with van der Waals surface area (Å²) in [6, 6.07) is 0.0127. The lowest BCUT2D eigenvalue weighted by Crippen LogP contribution is -2.43. The molecular weight excluding hydrogens is 158 g/mol. The largest absolute Gasteiger partial charge is 0.379 e. The van der Waals surface area contributed by atoms with E-state index < -0.39 is 0 Å². The minimum absolute atomic E-state index is 0.157. The molecule has 0 spiro atoms. The number of urea groups is 1. The van der Waals surface area contributed by atoms with Crippen LogP contribution in [0.15, 0.2) is 0 Å². The summed E-state index contributed by atoms with van der Waals surface area (Å²) in [5.74, 6) is 0. The monoisotopic (exact) mass is 173 g/mol. The predicted molar refractivity (Wildman–Crippen MR) is 44.8 cm³/mol. The number of carbonyl (C=O) groups excluding carboxylic acids is 1. The summed E-state index contributed by atoms with van der Waals surface area (Å²) in [5.41, 5.74) is 5.22. The van der Waals surface area contributed by atoms with Crippen molar-refractivity contribution in [1.29, 1.82) is 0 Å². The van der Waals surface area contributed by atoms with Crippen LogP contribution in [0.25, 0.3) is 0 Å².